The van der Waals surface area contributed by atoms with Crippen LogP contribution in [0.15, 0.2) is 5.10 Å². The first-order valence-electron chi connectivity index (χ1n) is 3.85. The number of nitrogens with zero attached hydrogens (tertiary/aromatic N) is 1. The molecule has 3 heteroatoms. The minimum Gasteiger partial charge on any atom is -0.363 e. The molecule has 0 saturated carbocycles. The van der Waals surface area contributed by atoms with Gasteiger partial charge in [0.1, 0.15) is 5.60 Å². The number of hydrazone groups is 1. The Labute approximate surface area is 67.6 Å². The smallest absolute Gasteiger partial charge is 0.103 e. The molecule has 0 aromatic heterocycles. The van der Waals surface area contributed by atoms with E-state index in [1.807, 2.05) is 27.7 Å². The summed E-state index contributed by atoms with van der Waals surface area (Å²) >= 11 is 0. The fraction of sp³-hybridized carbons (Fsp3) is 0.875. The quantitative estimate of drug-likeness (QED) is 0.424. The van der Waals surface area contributed by atoms with Crippen molar-refractivity contribution in [3.05, 3.63) is 0 Å². The zero-order valence-corrected chi connectivity index (χ0v) is 7.64. The molecule has 0 aromatic rings. The van der Waals surface area contributed by atoms with Crippen LogP contribution in [0.2, 0.25) is 0 Å². The Bertz CT molecular complexity index is 194. The van der Waals surface area contributed by atoms with Crippen molar-refractivity contribution in [3.63, 3.8) is 0 Å². The first-order chi connectivity index (χ1) is 4.87. The molecule has 0 aromatic carbocycles. The van der Waals surface area contributed by atoms with Crippen LogP contribution in [0, 0.1) is 0 Å². The maximum Gasteiger partial charge on any atom is 0.103 e. The lowest BCUT2D eigenvalue weighted by Crippen LogP contribution is -2.30. The second kappa shape index (κ2) is 2.21. The largest absolute Gasteiger partial charge is 0.363 e. The van der Waals surface area contributed by atoms with E-state index in [0.717, 1.165) is 12.1 Å². The van der Waals surface area contributed by atoms with Gasteiger partial charge in [-0.1, -0.05) is 0 Å². The van der Waals surface area contributed by atoms with Crippen LogP contribution in [0.4, 0.5) is 0 Å². The second-order valence-corrected chi connectivity index (χ2v) is 4.12. The highest BCUT2D eigenvalue weighted by atomic mass is 16.5. The van der Waals surface area contributed by atoms with Gasteiger partial charge in [-0.25, -0.2) is 0 Å². The van der Waals surface area contributed by atoms with Crippen molar-refractivity contribution in [3.8, 4) is 0 Å². The monoisotopic (exact) mass is 156 g/mol. The lowest BCUT2D eigenvalue weighted by atomic mass is 9.98. The van der Waals surface area contributed by atoms with E-state index >= 15 is 0 Å². The summed E-state index contributed by atoms with van der Waals surface area (Å²) in [5, 5.41) is 3.73. The number of nitrogens with two attached hydrogens (primary N) is 1. The van der Waals surface area contributed by atoms with Gasteiger partial charge in [-0.2, -0.15) is 5.10 Å². The third-order valence-corrected chi connectivity index (χ3v) is 1.98. The molecular weight excluding hydrogens is 140 g/mol. The maximum absolute atomic E-state index is 5.73. The number of rotatable bonds is 0. The van der Waals surface area contributed by atoms with E-state index < -0.39 is 0 Å². The van der Waals surface area contributed by atoms with Gasteiger partial charge in [0.05, 0.1) is 11.3 Å². The molecule has 0 aliphatic carbocycles. The van der Waals surface area contributed by atoms with Crippen LogP contribution in [0.25, 0.3) is 0 Å². The third kappa shape index (κ3) is 1.53. The Morgan fingerprint density at radius 2 is 1.91 bits per heavy atom. The van der Waals surface area contributed by atoms with Crippen LogP contribution in [-0.2, 0) is 4.74 Å². The Kier molecular flexibility index (Phi) is 1.71. The average Bonchev–Trinajstić information content (AvgIpc) is 1.99. The summed E-state index contributed by atoms with van der Waals surface area (Å²) in [4.78, 5) is 0. The summed E-state index contributed by atoms with van der Waals surface area (Å²) in [5.41, 5.74) is 0.558. The highest BCUT2D eigenvalue weighted by Gasteiger charge is 2.42. The fourth-order valence-electron chi connectivity index (χ4n) is 1.60. The van der Waals surface area contributed by atoms with Crippen LogP contribution in [0.5, 0.6) is 0 Å². The van der Waals surface area contributed by atoms with Crippen molar-refractivity contribution in [2.75, 3.05) is 0 Å². The summed E-state index contributed by atoms with van der Waals surface area (Å²) in [6.45, 7) is 8.08. The maximum atomic E-state index is 5.73. The van der Waals surface area contributed by atoms with Crippen LogP contribution < -0.4 is 5.84 Å². The highest BCUT2D eigenvalue weighted by Crippen LogP contribution is 2.34. The Balaban J connectivity index is 2.89. The normalized spacial score (nSPS) is 31.1. The molecule has 2 N–H and O–H groups in total. The summed E-state index contributed by atoms with van der Waals surface area (Å²) in [7, 11) is 0. The highest BCUT2D eigenvalue weighted by molar-refractivity contribution is 5.94. The van der Waals surface area contributed by atoms with E-state index in [0.29, 0.717) is 0 Å². The molecule has 0 radical (unpaired) electrons. The fourth-order valence-corrected chi connectivity index (χ4v) is 1.60. The molecule has 1 aliphatic rings. The molecule has 1 fully saturated rings. The molecule has 64 valence electrons. The van der Waals surface area contributed by atoms with Gasteiger partial charge in [-0.15, -0.1) is 0 Å². The molecule has 3 nitrogen and oxygen atoms in total. The number of ether oxygens (including phenoxy) is 1. The van der Waals surface area contributed by atoms with Gasteiger partial charge >= 0.3 is 0 Å². The van der Waals surface area contributed by atoms with Gasteiger partial charge in [0, 0.05) is 6.42 Å². The third-order valence-electron chi connectivity index (χ3n) is 1.98. The number of hydrogen-bond donors (Lipinski definition) is 1. The molecule has 1 rings (SSSR count). The molecule has 0 unspecified atom stereocenters. The lowest BCUT2D eigenvalue weighted by molar-refractivity contribution is -0.0515. The molecule has 0 spiro atoms. The summed E-state index contributed by atoms with van der Waals surface area (Å²) in [5.74, 6) is 5.24. The van der Waals surface area contributed by atoms with Gasteiger partial charge < -0.3 is 10.6 Å². The van der Waals surface area contributed by atoms with Gasteiger partial charge in [0.2, 0.25) is 0 Å². The minimum atomic E-state index is -0.280. The van der Waals surface area contributed by atoms with E-state index in [4.69, 9.17) is 10.6 Å². The molecule has 0 amide bonds. The zero-order valence-electron chi connectivity index (χ0n) is 7.64. The SMILES string of the molecule is CC1(C)C/C(=N\N)C(C)(C)O1. The summed E-state index contributed by atoms with van der Waals surface area (Å²) < 4.78 is 5.73. The van der Waals surface area contributed by atoms with Crippen molar-refractivity contribution in [2.45, 2.75) is 45.3 Å². The van der Waals surface area contributed by atoms with Crippen molar-refractivity contribution >= 4 is 5.71 Å². The molecule has 11 heavy (non-hydrogen) atoms. The van der Waals surface area contributed by atoms with Crippen LogP contribution in [0.1, 0.15) is 34.1 Å². The predicted molar refractivity (Wildman–Crippen MR) is 45.5 cm³/mol. The summed E-state index contributed by atoms with van der Waals surface area (Å²) in [6, 6.07) is 0. The topological polar surface area (TPSA) is 47.6 Å². The van der Waals surface area contributed by atoms with Crippen LogP contribution in [0.3, 0.4) is 0 Å². The average molecular weight is 156 g/mol. The minimum absolute atomic E-state index is 0.109. The molecule has 1 heterocycles. The standard InChI is InChI=1S/C8H16N2O/c1-7(2)5-6(10-9)8(3,4)11-7/h5,9H2,1-4H3/b10-6+. The van der Waals surface area contributed by atoms with Crippen molar-refractivity contribution in [1.82, 2.24) is 0 Å². The number of hydrogen-bond acceptors (Lipinski definition) is 3. The predicted octanol–water partition coefficient (Wildman–Crippen LogP) is 1.28. The second-order valence-electron chi connectivity index (χ2n) is 4.12. The first kappa shape index (κ1) is 8.53. The molecule has 1 aliphatic heterocycles. The lowest BCUT2D eigenvalue weighted by Gasteiger charge is -2.22. The van der Waals surface area contributed by atoms with Gasteiger partial charge in [0.25, 0.3) is 0 Å². The Morgan fingerprint density at radius 1 is 1.36 bits per heavy atom. The van der Waals surface area contributed by atoms with E-state index in [1.165, 1.54) is 0 Å². The van der Waals surface area contributed by atoms with Crippen LogP contribution in [-0.4, -0.2) is 16.9 Å². The molecule has 1 saturated heterocycles. The Hall–Kier alpha value is -0.570. The van der Waals surface area contributed by atoms with Gasteiger partial charge in [-0.05, 0) is 27.7 Å². The van der Waals surface area contributed by atoms with Crippen molar-refractivity contribution in [1.29, 1.82) is 0 Å². The zero-order chi connectivity index (χ0) is 8.70. The van der Waals surface area contributed by atoms with Crippen molar-refractivity contribution in [2.24, 2.45) is 10.9 Å². The van der Waals surface area contributed by atoms with Gasteiger partial charge in [0.15, 0.2) is 0 Å². The van der Waals surface area contributed by atoms with Crippen molar-refractivity contribution < 1.29 is 4.74 Å². The van der Waals surface area contributed by atoms with E-state index in [9.17, 15) is 0 Å². The van der Waals surface area contributed by atoms with Gasteiger partial charge in [-0.3, -0.25) is 0 Å². The van der Waals surface area contributed by atoms with E-state index in [2.05, 4.69) is 5.10 Å². The van der Waals surface area contributed by atoms with E-state index in [1.54, 1.807) is 0 Å². The Morgan fingerprint density at radius 3 is 2.09 bits per heavy atom. The van der Waals surface area contributed by atoms with E-state index in [-0.39, 0.29) is 11.2 Å². The molecule has 0 atom stereocenters. The molecule has 0 bridgehead atoms. The van der Waals surface area contributed by atoms with Crippen LogP contribution >= 0.6 is 0 Å². The summed E-state index contributed by atoms with van der Waals surface area (Å²) in [6.07, 6.45) is 0.830. The first-order valence-corrected chi connectivity index (χ1v) is 3.85. The molecular formula is C8H16N2O.